The van der Waals surface area contributed by atoms with Gasteiger partial charge >= 0.3 is 27.3 Å². The first-order valence-electron chi connectivity index (χ1n) is 12.5. The Bertz CT molecular complexity index is 1410. The summed E-state index contributed by atoms with van der Waals surface area (Å²) in [6, 6.07) is -0.828. The zero-order chi connectivity index (χ0) is 33.1. The minimum Gasteiger partial charge on any atom is -0.479 e. The molecule has 2 radical (unpaired) electrons. The van der Waals surface area contributed by atoms with Gasteiger partial charge in [-0.05, 0) is 6.92 Å². The maximum Gasteiger partial charge on any atom is 0.483 e. The normalized spacial score (nSPS) is 32.6. The molecule has 46 heavy (non-hydrogen) atoms. The summed E-state index contributed by atoms with van der Waals surface area (Å²) < 4.78 is 55.3. The summed E-state index contributed by atoms with van der Waals surface area (Å²) in [5.74, 6) is -2.35. The van der Waals surface area contributed by atoms with Gasteiger partial charge in [0.25, 0.3) is 5.56 Å². The van der Waals surface area contributed by atoms with Crippen molar-refractivity contribution in [1.82, 2.24) is 14.9 Å². The van der Waals surface area contributed by atoms with Crippen LogP contribution in [-0.2, 0) is 46.3 Å². The smallest absolute Gasteiger partial charge is 0.479 e. The van der Waals surface area contributed by atoms with Crippen LogP contribution < -0.4 is 16.6 Å². The molecule has 0 bridgehead atoms. The van der Waals surface area contributed by atoms with Crippen molar-refractivity contribution in [2.45, 2.75) is 75.1 Å². The average molecular weight is 725 g/mol. The molecular formula is C20H31N3Na2O19P2. The third-order valence-electron chi connectivity index (χ3n) is 6.24. The molecule has 2 unspecified atom stereocenters. The van der Waals surface area contributed by atoms with Crippen molar-refractivity contribution in [1.29, 1.82) is 0 Å². The zero-order valence-electron chi connectivity index (χ0n) is 24.7. The van der Waals surface area contributed by atoms with Crippen LogP contribution in [0.25, 0.3) is 0 Å². The molecule has 2 saturated heterocycles. The molecule has 26 heteroatoms. The Kier molecular flexibility index (Phi) is 17.1. The second kappa shape index (κ2) is 18.0. The monoisotopic (exact) mass is 725 g/mol. The number of carbonyl (C=O) groups excluding carboxylic acids is 1. The molecule has 1 amide bonds. The summed E-state index contributed by atoms with van der Waals surface area (Å²) in [5.41, 5.74) is -1.79. The fourth-order valence-electron chi connectivity index (χ4n) is 4.20. The summed E-state index contributed by atoms with van der Waals surface area (Å²) in [5, 5.41) is 51.9. The van der Waals surface area contributed by atoms with E-state index in [1.54, 1.807) is 0 Å². The summed E-state index contributed by atoms with van der Waals surface area (Å²) in [6.07, 6.45) is -14.8. The fourth-order valence-corrected chi connectivity index (χ4v) is 6.36. The number of nitrogens with one attached hydrogen (secondary N) is 2. The van der Waals surface area contributed by atoms with Crippen molar-refractivity contribution in [3.05, 3.63) is 33.1 Å². The molecule has 12 atom stereocenters. The van der Waals surface area contributed by atoms with Gasteiger partial charge in [-0.25, -0.2) is 18.7 Å². The first-order chi connectivity index (χ1) is 20.4. The SMILES string of the molecule is CC(=O)N[C@H]1[C@@H](OP(=O)(O)OP(=O)(O)OC[C@H]2O[C@@H](n3ccc(=O)[nH]c3=O)[C@H](O)[C@@H]2O)O[C@H](CO)[C@@H](O)[C@@H]1O[C@H](C)C(=O)O.[Na].[Na]. The van der Waals surface area contributed by atoms with Crippen LogP contribution in [0.3, 0.4) is 0 Å². The van der Waals surface area contributed by atoms with Crippen LogP contribution in [0.5, 0.6) is 0 Å². The Balaban J connectivity index is 0.00000529. The molecule has 3 heterocycles. The number of aliphatic hydroxyl groups is 4. The zero-order valence-corrected chi connectivity index (χ0v) is 30.5. The second-order valence-corrected chi connectivity index (χ2v) is 12.5. The Morgan fingerprint density at radius 1 is 1.07 bits per heavy atom. The van der Waals surface area contributed by atoms with E-state index in [4.69, 9.17) is 18.7 Å². The number of rotatable bonds is 13. The van der Waals surface area contributed by atoms with Gasteiger partial charge in [-0.2, -0.15) is 4.31 Å². The van der Waals surface area contributed by atoms with Crippen LogP contribution in [0, 0.1) is 0 Å². The minimum atomic E-state index is -5.74. The minimum absolute atomic E-state index is 0. The second-order valence-electron chi connectivity index (χ2n) is 9.51. The van der Waals surface area contributed by atoms with Gasteiger partial charge in [-0.15, -0.1) is 0 Å². The topological polar surface area (TPSA) is 332 Å². The van der Waals surface area contributed by atoms with Gasteiger partial charge in [-0.3, -0.25) is 28.2 Å². The van der Waals surface area contributed by atoms with Gasteiger partial charge in [0, 0.05) is 78.3 Å². The maximum absolute atomic E-state index is 12.7. The van der Waals surface area contributed by atoms with Crippen LogP contribution in [0.2, 0.25) is 0 Å². The molecule has 9 N–H and O–H groups in total. The largest absolute Gasteiger partial charge is 0.483 e. The number of amides is 1. The third kappa shape index (κ3) is 11.3. The van der Waals surface area contributed by atoms with E-state index < -0.39 is 113 Å². The number of phosphoric acid groups is 2. The molecule has 22 nitrogen and oxygen atoms in total. The summed E-state index contributed by atoms with van der Waals surface area (Å²) >= 11 is 0. The predicted molar refractivity (Wildman–Crippen MR) is 148 cm³/mol. The molecule has 1 aromatic rings. The van der Waals surface area contributed by atoms with E-state index in [-0.39, 0.29) is 59.1 Å². The number of ether oxygens (including phenoxy) is 3. The molecule has 2 aliphatic rings. The van der Waals surface area contributed by atoms with E-state index in [9.17, 15) is 63.6 Å². The molecular weight excluding hydrogens is 694 g/mol. The van der Waals surface area contributed by atoms with Crippen molar-refractivity contribution < 1.29 is 81.6 Å². The molecule has 0 aliphatic carbocycles. The van der Waals surface area contributed by atoms with Crippen molar-refractivity contribution in [2.75, 3.05) is 13.2 Å². The predicted octanol–water partition coefficient (Wildman–Crippen LogP) is -4.91. The molecule has 3 rings (SSSR count). The van der Waals surface area contributed by atoms with Crippen LogP contribution in [0.1, 0.15) is 20.1 Å². The van der Waals surface area contributed by atoms with Crippen molar-refractivity contribution in [3.8, 4) is 0 Å². The van der Waals surface area contributed by atoms with Crippen molar-refractivity contribution >= 4 is 86.6 Å². The van der Waals surface area contributed by atoms with Crippen LogP contribution >= 0.6 is 15.6 Å². The standard InChI is InChI=1S/C20H31N3O19P2.2Na/c1-7(18(30)31)38-16-12(21-8(2)25)19(40-9(5-24)14(16)28)41-44(35,36)42-43(33,34)37-6-10-13(27)15(29)17(39-10)23-4-3-11(26)22-20(23)32;;/h3-4,7,9-10,12-17,19,24,27-29H,5-6H2,1-2H3,(H,21,25)(H,30,31)(H,33,34)(H,35,36)(H,22,26,32);;/t7-,9-,10-,12-,13-,14-,15-,16-,17-,19-;;/m1../s1. The Morgan fingerprint density at radius 2 is 1.70 bits per heavy atom. The van der Waals surface area contributed by atoms with E-state index in [2.05, 4.69) is 14.2 Å². The number of carboxylic acids is 1. The summed E-state index contributed by atoms with van der Waals surface area (Å²) in [7, 11) is -11.3. The number of nitrogens with zero attached hydrogens (tertiary/aromatic N) is 1. The van der Waals surface area contributed by atoms with Crippen LogP contribution in [0.4, 0.5) is 0 Å². The van der Waals surface area contributed by atoms with E-state index >= 15 is 0 Å². The number of carboxylic acid groups (broad SMARTS) is 1. The number of H-pyrrole nitrogens is 1. The van der Waals surface area contributed by atoms with E-state index in [0.29, 0.717) is 4.57 Å². The number of phosphoric ester groups is 2. The number of aliphatic hydroxyl groups excluding tert-OH is 4. The van der Waals surface area contributed by atoms with Gasteiger partial charge in [0.05, 0.1) is 13.2 Å². The molecule has 0 saturated carbocycles. The Morgan fingerprint density at radius 3 is 2.24 bits per heavy atom. The Hall–Kier alpha value is -0.400. The molecule has 2 aliphatic heterocycles. The number of carbonyl (C=O) groups is 2. The fraction of sp³-hybridized carbons (Fsp3) is 0.700. The molecule has 1 aromatic heterocycles. The Labute approximate surface area is 302 Å². The number of hydrogen-bond donors (Lipinski definition) is 9. The maximum atomic E-state index is 12.7. The molecule has 2 fully saturated rings. The van der Waals surface area contributed by atoms with Gasteiger partial charge in [0.2, 0.25) is 5.91 Å². The van der Waals surface area contributed by atoms with E-state index in [1.165, 1.54) is 0 Å². The van der Waals surface area contributed by atoms with Gasteiger partial charge in [0.15, 0.2) is 18.6 Å². The third-order valence-corrected chi connectivity index (χ3v) is 8.84. The summed E-state index contributed by atoms with van der Waals surface area (Å²) in [4.78, 5) is 68.5. The first kappa shape index (κ1) is 43.6. The molecule has 252 valence electrons. The molecule has 0 aromatic carbocycles. The van der Waals surface area contributed by atoms with Crippen LogP contribution in [0.15, 0.2) is 21.9 Å². The van der Waals surface area contributed by atoms with Gasteiger partial charge in [-0.1, -0.05) is 0 Å². The summed E-state index contributed by atoms with van der Waals surface area (Å²) in [6.45, 7) is -0.00580. The quantitative estimate of drug-likeness (QED) is 0.0679. The number of aromatic amines is 1. The first-order valence-corrected chi connectivity index (χ1v) is 15.5. The number of hydrogen-bond acceptors (Lipinski definition) is 16. The van der Waals surface area contributed by atoms with Gasteiger partial charge < -0.3 is 54.8 Å². The van der Waals surface area contributed by atoms with Gasteiger partial charge in [0.1, 0.15) is 42.7 Å². The van der Waals surface area contributed by atoms with E-state index in [0.717, 1.165) is 26.1 Å². The van der Waals surface area contributed by atoms with Crippen LogP contribution in [-0.4, -0.2) is 184 Å². The van der Waals surface area contributed by atoms with Crippen molar-refractivity contribution in [2.24, 2.45) is 0 Å². The van der Waals surface area contributed by atoms with E-state index in [1.807, 2.05) is 4.98 Å². The number of aliphatic carboxylic acids is 1. The average Bonchev–Trinajstić information content (AvgIpc) is 3.18. The number of aromatic nitrogens is 2. The van der Waals surface area contributed by atoms with Crippen molar-refractivity contribution in [3.63, 3.8) is 0 Å². The molecule has 0 spiro atoms.